The normalized spacial score (nSPS) is 23.9. The fraction of sp³-hybridized carbons (Fsp3) is 0.421. The topological polar surface area (TPSA) is 97.3 Å². The smallest absolute Gasteiger partial charge is 0.271 e. The second kappa shape index (κ2) is 7.40. The first kappa shape index (κ1) is 17.5. The number of aryl methyl sites for hydroxylation is 1. The van der Waals surface area contributed by atoms with Gasteiger partial charge in [-0.05, 0) is 18.6 Å². The summed E-state index contributed by atoms with van der Waals surface area (Å²) in [5, 5.41) is 2.90. The Labute approximate surface area is 157 Å². The van der Waals surface area contributed by atoms with Crippen LogP contribution < -0.4 is 5.32 Å². The molecule has 4 heterocycles. The van der Waals surface area contributed by atoms with E-state index in [4.69, 9.17) is 4.74 Å². The second-order valence-electron chi connectivity index (χ2n) is 7.06. The molecule has 0 aromatic carbocycles. The zero-order valence-electron chi connectivity index (χ0n) is 15.0. The molecule has 2 aliphatic heterocycles. The lowest BCUT2D eigenvalue weighted by Gasteiger charge is -2.20. The predicted octanol–water partition coefficient (Wildman–Crippen LogP) is 0.697. The van der Waals surface area contributed by atoms with Crippen LogP contribution in [0.4, 0.5) is 0 Å². The summed E-state index contributed by atoms with van der Waals surface area (Å²) in [6, 6.07) is 1.85. The van der Waals surface area contributed by atoms with Crippen LogP contribution in [0.15, 0.2) is 37.1 Å². The Hall–Kier alpha value is -2.87. The molecule has 2 aromatic rings. The molecule has 2 amide bonds. The highest BCUT2D eigenvalue weighted by Gasteiger charge is 2.45. The summed E-state index contributed by atoms with van der Waals surface area (Å²) in [5.74, 6) is 0.118. The minimum absolute atomic E-state index is 0.0186. The fourth-order valence-electron chi connectivity index (χ4n) is 3.76. The van der Waals surface area contributed by atoms with Crippen LogP contribution in [-0.4, -0.2) is 64.0 Å². The Balaban J connectivity index is 1.36. The van der Waals surface area contributed by atoms with Gasteiger partial charge in [0.2, 0.25) is 0 Å². The van der Waals surface area contributed by atoms with E-state index in [1.165, 1.54) is 18.6 Å². The third-order valence-corrected chi connectivity index (χ3v) is 5.17. The first-order chi connectivity index (χ1) is 13.1. The van der Waals surface area contributed by atoms with E-state index in [1.807, 2.05) is 17.9 Å². The number of ether oxygens (including phenoxy) is 1. The Kier molecular flexibility index (Phi) is 4.81. The molecule has 0 bridgehead atoms. The van der Waals surface area contributed by atoms with E-state index >= 15 is 0 Å². The summed E-state index contributed by atoms with van der Waals surface area (Å²) in [6.07, 6.45) is 7.81. The molecule has 8 heteroatoms. The molecule has 0 radical (unpaired) electrons. The number of fused-ring (bicyclic) bond motifs is 1. The van der Waals surface area contributed by atoms with E-state index in [0.29, 0.717) is 37.5 Å². The van der Waals surface area contributed by atoms with Crippen LogP contribution in [0.25, 0.3) is 0 Å². The molecule has 140 valence electrons. The van der Waals surface area contributed by atoms with Crippen molar-refractivity contribution in [3.8, 4) is 0 Å². The van der Waals surface area contributed by atoms with Crippen molar-refractivity contribution >= 4 is 11.8 Å². The predicted molar refractivity (Wildman–Crippen MR) is 96.0 cm³/mol. The molecule has 0 unspecified atom stereocenters. The van der Waals surface area contributed by atoms with Crippen molar-refractivity contribution in [1.29, 1.82) is 0 Å². The largest absolute Gasteiger partial charge is 0.376 e. The second-order valence-corrected chi connectivity index (χ2v) is 7.06. The molecule has 2 aliphatic rings. The van der Waals surface area contributed by atoms with E-state index in [1.54, 1.807) is 12.4 Å². The van der Waals surface area contributed by atoms with Crippen LogP contribution in [0.2, 0.25) is 0 Å². The zero-order chi connectivity index (χ0) is 18.8. The van der Waals surface area contributed by atoms with Crippen LogP contribution >= 0.6 is 0 Å². The van der Waals surface area contributed by atoms with Crippen LogP contribution in [-0.2, 0) is 4.74 Å². The van der Waals surface area contributed by atoms with Gasteiger partial charge in [0, 0.05) is 56.3 Å². The summed E-state index contributed by atoms with van der Waals surface area (Å²) < 4.78 is 5.88. The lowest BCUT2D eigenvalue weighted by Crippen LogP contribution is -2.35. The number of rotatable bonds is 4. The van der Waals surface area contributed by atoms with Gasteiger partial charge in [0.25, 0.3) is 11.8 Å². The fourth-order valence-corrected chi connectivity index (χ4v) is 3.76. The van der Waals surface area contributed by atoms with Gasteiger partial charge in [-0.25, -0.2) is 4.98 Å². The van der Waals surface area contributed by atoms with Gasteiger partial charge >= 0.3 is 0 Å². The van der Waals surface area contributed by atoms with E-state index in [9.17, 15) is 9.59 Å². The third kappa shape index (κ3) is 3.66. The molecule has 27 heavy (non-hydrogen) atoms. The highest BCUT2D eigenvalue weighted by Crippen LogP contribution is 2.34. The molecule has 0 spiro atoms. The molecule has 4 rings (SSSR count). The standard InChI is InChI=1S/C19H21N5O3/c1-12-4-13(6-21-5-12)19(26)24-9-15-14(11-27-17(15)10-24)7-23-18(25)16-8-20-2-3-22-16/h2-6,8,14-15,17H,7,9-11H2,1H3,(H,23,25)/t14-,15+,17+/m0/s1. The van der Waals surface area contributed by atoms with Crippen molar-refractivity contribution < 1.29 is 14.3 Å². The molecule has 8 nitrogen and oxygen atoms in total. The van der Waals surface area contributed by atoms with Gasteiger partial charge in [0.05, 0.1) is 24.5 Å². The molecule has 0 saturated carbocycles. The van der Waals surface area contributed by atoms with Gasteiger partial charge in [0.1, 0.15) is 5.69 Å². The summed E-state index contributed by atoms with van der Waals surface area (Å²) in [5.41, 5.74) is 1.85. The quantitative estimate of drug-likeness (QED) is 0.854. The minimum Gasteiger partial charge on any atom is -0.376 e. The van der Waals surface area contributed by atoms with Crippen molar-refractivity contribution in [3.05, 3.63) is 53.9 Å². The van der Waals surface area contributed by atoms with E-state index < -0.39 is 0 Å². The number of hydrogen-bond donors (Lipinski definition) is 1. The van der Waals surface area contributed by atoms with E-state index in [2.05, 4.69) is 20.3 Å². The van der Waals surface area contributed by atoms with Crippen molar-refractivity contribution in [2.24, 2.45) is 11.8 Å². The number of amides is 2. The Morgan fingerprint density at radius 3 is 2.89 bits per heavy atom. The first-order valence-corrected chi connectivity index (χ1v) is 8.98. The minimum atomic E-state index is -0.247. The molecular weight excluding hydrogens is 346 g/mol. The highest BCUT2D eigenvalue weighted by molar-refractivity contribution is 5.94. The Morgan fingerprint density at radius 2 is 2.11 bits per heavy atom. The number of carbonyl (C=O) groups is 2. The first-order valence-electron chi connectivity index (χ1n) is 8.98. The number of nitrogens with one attached hydrogen (secondary N) is 1. The Bertz CT molecular complexity index is 844. The maximum absolute atomic E-state index is 12.7. The molecule has 3 atom stereocenters. The molecular formula is C19H21N5O3. The van der Waals surface area contributed by atoms with Gasteiger partial charge < -0.3 is 15.0 Å². The van der Waals surface area contributed by atoms with Crippen LogP contribution in [0, 0.1) is 18.8 Å². The highest BCUT2D eigenvalue weighted by atomic mass is 16.5. The van der Waals surface area contributed by atoms with Gasteiger partial charge in [-0.15, -0.1) is 0 Å². The number of carbonyl (C=O) groups excluding carboxylic acids is 2. The summed E-state index contributed by atoms with van der Waals surface area (Å²) >= 11 is 0. The van der Waals surface area contributed by atoms with Gasteiger partial charge in [0.15, 0.2) is 0 Å². The maximum atomic E-state index is 12.7. The van der Waals surface area contributed by atoms with Crippen LogP contribution in [0.5, 0.6) is 0 Å². The monoisotopic (exact) mass is 367 g/mol. The van der Waals surface area contributed by atoms with Crippen molar-refractivity contribution in [2.45, 2.75) is 13.0 Å². The summed E-state index contributed by atoms with van der Waals surface area (Å²) in [7, 11) is 0. The maximum Gasteiger partial charge on any atom is 0.271 e. The summed E-state index contributed by atoms with van der Waals surface area (Å²) in [6.45, 7) is 4.20. The number of aromatic nitrogens is 3. The SMILES string of the molecule is Cc1cncc(C(=O)N2C[C@@H]3[C@@H](CNC(=O)c4cnccn4)CO[C@@H]3C2)c1. The van der Waals surface area contributed by atoms with Crippen molar-refractivity contribution in [2.75, 3.05) is 26.2 Å². The molecule has 2 fully saturated rings. The van der Waals surface area contributed by atoms with Crippen molar-refractivity contribution in [3.63, 3.8) is 0 Å². The van der Waals surface area contributed by atoms with E-state index in [0.717, 1.165) is 5.56 Å². The Morgan fingerprint density at radius 1 is 1.22 bits per heavy atom. The lowest BCUT2D eigenvalue weighted by atomic mass is 9.93. The van der Waals surface area contributed by atoms with E-state index in [-0.39, 0.29) is 29.8 Å². The number of nitrogens with zero attached hydrogens (tertiary/aromatic N) is 4. The number of pyridine rings is 1. The number of likely N-dealkylation sites (tertiary alicyclic amines) is 1. The molecule has 0 aliphatic carbocycles. The van der Waals surface area contributed by atoms with Gasteiger partial charge in [-0.1, -0.05) is 0 Å². The van der Waals surface area contributed by atoms with Crippen LogP contribution in [0.1, 0.15) is 26.4 Å². The molecule has 2 aromatic heterocycles. The average molecular weight is 367 g/mol. The third-order valence-electron chi connectivity index (χ3n) is 5.17. The van der Waals surface area contributed by atoms with Crippen LogP contribution in [0.3, 0.4) is 0 Å². The lowest BCUT2D eigenvalue weighted by molar-refractivity contribution is 0.0674. The zero-order valence-corrected chi connectivity index (χ0v) is 15.0. The van der Waals surface area contributed by atoms with Gasteiger partial charge in [-0.3, -0.25) is 19.6 Å². The average Bonchev–Trinajstić information content (AvgIpc) is 3.27. The van der Waals surface area contributed by atoms with Gasteiger partial charge in [-0.2, -0.15) is 0 Å². The summed E-state index contributed by atoms with van der Waals surface area (Å²) in [4.78, 5) is 38.7. The van der Waals surface area contributed by atoms with Crippen molar-refractivity contribution in [1.82, 2.24) is 25.2 Å². The number of hydrogen-bond acceptors (Lipinski definition) is 6. The molecule has 2 saturated heterocycles. The molecule has 1 N–H and O–H groups in total.